The number of rotatable bonds is 25. The molecule has 1 saturated carbocycles. The maximum absolute atomic E-state index is 13.5. The molecule has 1 fully saturated rings. The highest BCUT2D eigenvalue weighted by atomic mass is 32.1. The number of aromatic carboxylic acids is 4. The van der Waals surface area contributed by atoms with Gasteiger partial charge in [0, 0.05) is 77.8 Å². The summed E-state index contributed by atoms with van der Waals surface area (Å²) in [6.45, 7) is 6.57. The lowest BCUT2D eigenvalue weighted by Crippen LogP contribution is -2.36. The van der Waals surface area contributed by atoms with Crippen molar-refractivity contribution in [1.82, 2.24) is 21.3 Å². The summed E-state index contributed by atoms with van der Waals surface area (Å²) in [6.07, 6.45) is 1.82. The maximum Gasteiger partial charge on any atom is 0.416 e. The van der Waals surface area contributed by atoms with Crippen LogP contribution in [0.25, 0.3) is 0 Å². The number of nitrogens with one attached hydrogen (secondary N) is 4. The molecule has 12 aromatic rings. The minimum absolute atomic E-state index is 0.109. The summed E-state index contributed by atoms with van der Waals surface area (Å²) in [5.74, 6) is -4.41. The van der Waals surface area contributed by atoms with Gasteiger partial charge in [0.1, 0.15) is 17.4 Å². The molecule has 1 atom stereocenters. The van der Waals surface area contributed by atoms with E-state index in [1.807, 2.05) is 31.2 Å². The molecule has 21 nitrogen and oxygen atoms in total. The molecule has 4 aliphatic heterocycles. The molecule has 127 heavy (non-hydrogen) atoms. The number of thiophene rings is 4. The van der Waals surface area contributed by atoms with Gasteiger partial charge in [0.05, 0.1) is 122 Å². The van der Waals surface area contributed by atoms with Gasteiger partial charge >= 0.3 is 30.1 Å². The number of amides is 4. The number of hydrogen-bond acceptors (Lipinski definition) is 17. The van der Waals surface area contributed by atoms with Crippen molar-refractivity contribution in [3.63, 3.8) is 0 Å². The first-order chi connectivity index (χ1) is 61.1. The van der Waals surface area contributed by atoms with Crippen LogP contribution < -0.4 is 26.0 Å². The van der Waals surface area contributed by atoms with E-state index < -0.39 is 41.2 Å². The zero-order chi connectivity index (χ0) is 89.6. The van der Waals surface area contributed by atoms with Gasteiger partial charge < -0.3 is 65.4 Å². The predicted octanol–water partition coefficient (Wildman–Crippen LogP) is 18.5. The normalized spacial score (nSPS) is 14.1. The molecule has 0 saturated heterocycles. The van der Waals surface area contributed by atoms with Crippen LogP contribution in [0.15, 0.2) is 194 Å². The highest BCUT2D eigenvalue weighted by Gasteiger charge is 2.47. The van der Waals surface area contributed by atoms with E-state index in [0.29, 0.717) is 125 Å². The van der Waals surface area contributed by atoms with Crippen molar-refractivity contribution in [2.45, 2.75) is 128 Å². The predicted molar refractivity (Wildman–Crippen MR) is 469 cm³/mol. The van der Waals surface area contributed by atoms with Crippen molar-refractivity contribution in [2.75, 3.05) is 33.5 Å². The second-order valence-electron chi connectivity index (χ2n) is 30.8. The molecule has 0 radical (unpaired) electrons. The number of carbonyl (C=O) groups excluding carboxylic acids is 4. The minimum Gasteiger partial charge on any atom is -0.497 e. The molecule has 17 rings (SSSR count). The molecular weight excluding hydrogens is 1720 g/mol. The van der Waals surface area contributed by atoms with Crippen LogP contribution in [0.5, 0.6) is 5.75 Å². The van der Waals surface area contributed by atoms with Gasteiger partial charge in [-0.3, -0.25) is 19.2 Å². The summed E-state index contributed by atoms with van der Waals surface area (Å²) < 4.78 is 93.4. The Hall–Kier alpha value is -12.4. The maximum atomic E-state index is 13.5. The van der Waals surface area contributed by atoms with E-state index in [1.165, 1.54) is 65.9 Å². The molecule has 0 spiro atoms. The third kappa shape index (κ3) is 22.7. The summed E-state index contributed by atoms with van der Waals surface area (Å²) in [7, 11) is 1.64. The number of alkyl halides is 3. The number of ether oxygens (including phenoxy) is 5. The third-order valence-corrected chi connectivity index (χ3v) is 27.1. The number of carboxylic acids is 4. The number of hydrogen-bond donors (Lipinski definition) is 8. The highest BCUT2D eigenvalue weighted by Crippen LogP contribution is 2.47. The van der Waals surface area contributed by atoms with Gasteiger partial charge in [-0.2, -0.15) is 13.2 Å². The van der Waals surface area contributed by atoms with E-state index in [2.05, 4.69) is 21.3 Å². The lowest BCUT2D eigenvalue weighted by Gasteiger charge is -2.20. The number of fused-ring (bicyclic) bond motifs is 4. The lowest BCUT2D eigenvalue weighted by atomic mass is 9.98. The first-order valence-corrected chi connectivity index (χ1v) is 44.0. The molecule has 0 unspecified atom stereocenters. The molecule has 4 aromatic heterocycles. The summed E-state index contributed by atoms with van der Waals surface area (Å²) in [6, 6.07) is 51.4. The SMILES string of the molecule is COc1ccc(Cc2sc3c(c2C(=O)N[C@@H](C)c2ccc(C(=O)O)cc2)CCOC3)cc1.O=C(O)c1ccc(C2(NC(=O)c3c(Cc4ccc(F)cc4)sc4c3CCOC4)CC2)cc1.O=C(O)c1ccc(CNC(=O)c2c(Cc3ccc(F)cc3)sc3c2CCOC3)cc1.O=C(O)c1ccc(CNC(=O)c2c(Cc3cccc(C(F)(F)F)c3)sc3c2CCOC3)cc1. The Balaban J connectivity index is 0.000000137. The van der Waals surface area contributed by atoms with Crippen LogP contribution in [0.2, 0.25) is 0 Å². The Morgan fingerprint density at radius 1 is 0.417 bits per heavy atom. The van der Waals surface area contributed by atoms with Crippen molar-refractivity contribution < 1.29 is 104 Å². The largest absolute Gasteiger partial charge is 0.497 e. The third-order valence-electron chi connectivity index (χ3n) is 22.3. The molecule has 1 aliphatic carbocycles. The van der Waals surface area contributed by atoms with Crippen LogP contribution in [0.3, 0.4) is 0 Å². The molecule has 0 bridgehead atoms. The average molecular weight is 1800 g/mol. The van der Waals surface area contributed by atoms with Crippen LogP contribution in [0, 0.1) is 11.6 Å². The van der Waals surface area contributed by atoms with Crippen LogP contribution in [0.1, 0.15) is 220 Å². The molecule has 30 heteroatoms. The van der Waals surface area contributed by atoms with Gasteiger partial charge in [-0.25, -0.2) is 28.0 Å². The van der Waals surface area contributed by atoms with Crippen molar-refractivity contribution in [3.05, 3.63) is 362 Å². The summed E-state index contributed by atoms with van der Waals surface area (Å²) in [4.78, 5) is 105. The standard InChI is InChI=1S/C25H22FNO4S.C25H25NO5S.C24H20F3NO4S.C23H20FNO4S/c26-18-7-1-15(2-8-18)13-20-22(19-9-12-31-14-21(19)32-20)23(28)27-25(10-11-25)17-5-3-16(4-6-17)24(29)30;1-15(17-5-7-18(8-6-17)25(28)29)26-24(27)23-20-11-12-31-14-22(20)32-21(23)13-16-3-9-19(30-2)10-4-16;25-24(26,27)17-3-1-2-15(10-17)11-19-21(18-8-9-32-13-20(18)33-19)22(29)28-12-14-4-6-16(7-5-14)23(30)31;24-17-7-3-14(4-8-17)11-19-21(18-9-10-29-13-20(18)30-19)22(26)25-12-15-1-5-16(6-2-15)23(27)28/h1-8H,9-14H2,(H,27,28)(H,29,30);3-10,15H,11-14H2,1-2H3,(H,26,27)(H,28,29);1-7,10H,8-9,11-13H2,(H,28,29)(H,30,31);1-8H,9-13H2,(H,25,26)(H,27,28)/t;15-;;/m.0../s1. The Labute approximate surface area is 743 Å². The molecule has 8 N–H and O–H groups in total. The second-order valence-corrected chi connectivity index (χ2v) is 35.6. The van der Waals surface area contributed by atoms with E-state index in [1.54, 1.807) is 144 Å². The minimum atomic E-state index is -4.44. The molecule has 8 aromatic carbocycles. The zero-order valence-corrected chi connectivity index (χ0v) is 72.1. The van der Waals surface area contributed by atoms with E-state index in [4.69, 9.17) is 44.1 Å². The number of carbonyl (C=O) groups is 8. The fourth-order valence-electron chi connectivity index (χ4n) is 15.4. The van der Waals surface area contributed by atoms with Crippen molar-refractivity contribution >= 4 is 92.9 Å². The van der Waals surface area contributed by atoms with E-state index in [0.717, 1.165) is 138 Å². The monoisotopic (exact) mass is 1800 g/mol. The second kappa shape index (κ2) is 40.9. The van der Waals surface area contributed by atoms with E-state index in [-0.39, 0.29) is 76.5 Å². The van der Waals surface area contributed by atoms with Gasteiger partial charge in [-0.1, -0.05) is 103 Å². The lowest BCUT2D eigenvalue weighted by molar-refractivity contribution is -0.137. The fourth-order valence-corrected chi connectivity index (χ4v) is 20.7. The number of halogens is 5. The average Bonchev–Trinajstić information content (AvgIpc) is 1.60. The summed E-state index contributed by atoms with van der Waals surface area (Å²) in [5, 5.41) is 48.4. The first-order valence-electron chi connectivity index (χ1n) is 40.8. The quantitative estimate of drug-likeness (QED) is 0.0247. The van der Waals surface area contributed by atoms with Crippen molar-refractivity contribution in [1.29, 1.82) is 0 Å². The van der Waals surface area contributed by atoms with Crippen LogP contribution in [-0.4, -0.2) is 101 Å². The molecule has 5 aliphatic rings. The number of methoxy groups -OCH3 is 1. The smallest absolute Gasteiger partial charge is 0.416 e. The van der Waals surface area contributed by atoms with E-state index >= 15 is 0 Å². The molecule has 656 valence electrons. The van der Waals surface area contributed by atoms with Crippen molar-refractivity contribution in [3.8, 4) is 5.75 Å². The molecular formula is C97H87F5N4O17S4. The fraction of sp³-hybridized carbons (Fsp3) is 0.258. The Morgan fingerprint density at radius 2 is 0.748 bits per heavy atom. The van der Waals surface area contributed by atoms with Gasteiger partial charge in [-0.05, 0) is 203 Å². The van der Waals surface area contributed by atoms with Gasteiger partial charge in [0.15, 0.2) is 0 Å². The molecule has 4 amide bonds. The van der Waals surface area contributed by atoms with Crippen LogP contribution in [-0.2, 0) is 122 Å². The molecule has 8 heterocycles. The zero-order valence-electron chi connectivity index (χ0n) is 68.8. The van der Waals surface area contributed by atoms with Gasteiger partial charge in [0.25, 0.3) is 23.6 Å². The van der Waals surface area contributed by atoms with Crippen LogP contribution >= 0.6 is 45.3 Å². The Bertz CT molecular complexity index is 6030. The Kier molecular flexibility index (Phi) is 29.3. The Morgan fingerprint density at radius 3 is 1.10 bits per heavy atom. The van der Waals surface area contributed by atoms with Gasteiger partial charge in [-0.15, -0.1) is 45.3 Å². The first kappa shape index (κ1) is 90.8. The van der Waals surface area contributed by atoms with E-state index in [9.17, 15) is 60.3 Å². The number of benzene rings is 8. The topological polar surface area (TPSA) is 312 Å². The van der Waals surface area contributed by atoms with Gasteiger partial charge in [0.2, 0.25) is 0 Å². The van der Waals surface area contributed by atoms with Crippen LogP contribution in [0.4, 0.5) is 22.0 Å². The van der Waals surface area contributed by atoms with Crippen molar-refractivity contribution in [2.24, 2.45) is 0 Å². The summed E-state index contributed by atoms with van der Waals surface area (Å²) >= 11 is 6.20. The summed E-state index contributed by atoms with van der Waals surface area (Å²) in [5.41, 5.74) is 13.1. The number of carboxylic acid groups (broad SMARTS) is 4. The highest BCUT2D eigenvalue weighted by molar-refractivity contribution is 7.13.